The standard InChI is InChI=1S/C24H23N3O4S/c1-14-6-5-7-18(15(14)2)26-21(28)11-27-13-25-23-22(24(27)29)17(12-32-23)16-8-9-19(30-3)20(10-16)31-4/h5-10,12-13H,11H2,1-4H3,(H,26,28). The number of fused-ring (bicyclic) bond motifs is 1. The highest BCUT2D eigenvalue weighted by atomic mass is 32.1. The van der Waals surface area contributed by atoms with Crippen molar-refractivity contribution in [2.75, 3.05) is 19.5 Å². The van der Waals surface area contributed by atoms with E-state index in [1.807, 2.05) is 49.6 Å². The molecule has 4 aromatic rings. The van der Waals surface area contributed by atoms with E-state index in [4.69, 9.17) is 9.47 Å². The van der Waals surface area contributed by atoms with Gasteiger partial charge in [-0.3, -0.25) is 14.2 Å². The van der Waals surface area contributed by atoms with E-state index < -0.39 is 0 Å². The van der Waals surface area contributed by atoms with Crippen LogP contribution in [0.3, 0.4) is 0 Å². The molecule has 2 aromatic carbocycles. The Bertz CT molecular complexity index is 1370. The number of hydrogen-bond donors (Lipinski definition) is 1. The fraction of sp³-hybridized carbons (Fsp3) is 0.208. The highest BCUT2D eigenvalue weighted by Gasteiger charge is 2.16. The Morgan fingerprint density at radius 3 is 2.66 bits per heavy atom. The van der Waals surface area contributed by atoms with Gasteiger partial charge in [-0.05, 0) is 48.7 Å². The summed E-state index contributed by atoms with van der Waals surface area (Å²) in [6.07, 6.45) is 1.42. The predicted octanol–water partition coefficient (Wildman–Crippen LogP) is 4.40. The number of nitrogens with zero attached hydrogens (tertiary/aromatic N) is 2. The number of carbonyl (C=O) groups is 1. The average molecular weight is 450 g/mol. The third-order valence-corrected chi connectivity index (χ3v) is 6.33. The fourth-order valence-electron chi connectivity index (χ4n) is 3.53. The summed E-state index contributed by atoms with van der Waals surface area (Å²) in [7, 11) is 3.14. The molecule has 0 atom stereocenters. The molecule has 0 spiro atoms. The van der Waals surface area contributed by atoms with Gasteiger partial charge in [0.25, 0.3) is 5.56 Å². The summed E-state index contributed by atoms with van der Waals surface area (Å²) in [4.78, 5) is 30.9. The number of carbonyl (C=O) groups excluding carboxylic acids is 1. The van der Waals surface area contributed by atoms with Gasteiger partial charge < -0.3 is 14.8 Å². The first kappa shape index (κ1) is 21.6. The number of thiophene rings is 1. The van der Waals surface area contributed by atoms with Gasteiger partial charge in [-0.1, -0.05) is 18.2 Å². The summed E-state index contributed by atoms with van der Waals surface area (Å²) in [5.41, 5.74) is 4.10. The zero-order chi connectivity index (χ0) is 22.8. The van der Waals surface area contributed by atoms with Gasteiger partial charge in [0, 0.05) is 16.6 Å². The number of anilines is 1. The molecule has 0 saturated heterocycles. The Morgan fingerprint density at radius 1 is 1.12 bits per heavy atom. The van der Waals surface area contributed by atoms with Gasteiger partial charge in [0.05, 0.1) is 25.9 Å². The molecule has 2 heterocycles. The Hall–Kier alpha value is -3.65. The number of rotatable bonds is 6. The first-order chi connectivity index (χ1) is 15.4. The van der Waals surface area contributed by atoms with Crippen molar-refractivity contribution in [2.45, 2.75) is 20.4 Å². The van der Waals surface area contributed by atoms with Crippen LogP contribution in [0.25, 0.3) is 21.3 Å². The zero-order valence-electron chi connectivity index (χ0n) is 18.3. The molecule has 7 nitrogen and oxygen atoms in total. The second-order valence-electron chi connectivity index (χ2n) is 7.37. The molecule has 32 heavy (non-hydrogen) atoms. The second kappa shape index (κ2) is 8.84. The lowest BCUT2D eigenvalue weighted by molar-refractivity contribution is -0.116. The molecule has 0 fully saturated rings. The second-order valence-corrected chi connectivity index (χ2v) is 8.23. The van der Waals surface area contributed by atoms with Crippen LogP contribution in [0.1, 0.15) is 11.1 Å². The number of methoxy groups -OCH3 is 2. The van der Waals surface area contributed by atoms with Crippen LogP contribution in [0, 0.1) is 13.8 Å². The number of amides is 1. The number of ether oxygens (including phenoxy) is 2. The summed E-state index contributed by atoms with van der Waals surface area (Å²) in [6, 6.07) is 11.2. The van der Waals surface area contributed by atoms with E-state index in [0.29, 0.717) is 21.7 Å². The van der Waals surface area contributed by atoms with Crippen molar-refractivity contribution < 1.29 is 14.3 Å². The van der Waals surface area contributed by atoms with Crippen LogP contribution < -0.4 is 20.3 Å². The molecule has 1 N–H and O–H groups in total. The lowest BCUT2D eigenvalue weighted by Crippen LogP contribution is -2.28. The topological polar surface area (TPSA) is 82.5 Å². The Balaban J connectivity index is 1.68. The number of hydrogen-bond acceptors (Lipinski definition) is 6. The monoisotopic (exact) mass is 449 g/mol. The first-order valence-electron chi connectivity index (χ1n) is 9.98. The number of aromatic nitrogens is 2. The lowest BCUT2D eigenvalue weighted by atomic mass is 10.1. The van der Waals surface area contributed by atoms with E-state index in [2.05, 4.69) is 10.3 Å². The summed E-state index contributed by atoms with van der Waals surface area (Å²) >= 11 is 1.38. The molecule has 4 rings (SSSR count). The molecule has 1 amide bonds. The van der Waals surface area contributed by atoms with Crippen LogP contribution in [0.4, 0.5) is 5.69 Å². The SMILES string of the molecule is COc1ccc(-c2csc3ncn(CC(=O)Nc4cccc(C)c4C)c(=O)c23)cc1OC. The van der Waals surface area contributed by atoms with Crippen LogP contribution in [0.5, 0.6) is 11.5 Å². The first-order valence-corrected chi connectivity index (χ1v) is 10.9. The van der Waals surface area contributed by atoms with Gasteiger partial charge in [-0.2, -0.15) is 0 Å². The van der Waals surface area contributed by atoms with Crippen LogP contribution >= 0.6 is 11.3 Å². The van der Waals surface area contributed by atoms with Crippen molar-refractivity contribution in [1.82, 2.24) is 9.55 Å². The van der Waals surface area contributed by atoms with E-state index in [-0.39, 0.29) is 18.0 Å². The van der Waals surface area contributed by atoms with Crippen molar-refractivity contribution in [1.29, 1.82) is 0 Å². The van der Waals surface area contributed by atoms with E-state index in [9.17, 15) is 9.59 Å². The van der Waals surface area contributed by atoms with Crippen LogP contribution in [0.15, 0.2) is 52.9 Å². The van der Waals surface area contributed by atoms with Gasteiger partial charge in [0.2, 0.25) is 5.91 Å². The lowest BCUT2D eigenvalue weighted by Gasteiger charge is -2.11. The summed E-state index contributed by atoms with van der Waals surface area (Å²) < 4.78 is 12.0. The molecule has 2 aromatic heterocycles. The number of nitrogens with one attached hydrogen (secondary N) is 1. The molecule has 164 valence electrons. The van der Waals surface area contributed by atoms with E-state index >= 15 is 0 Å². The number of aryl methyl sites for hydroxylation is 1. The van der Waals surface area contributed by atoms with Gasteiger partial charge in [0.1, 0.15) is 11.4 Å². The van der Waals surface area contributed by atoms with E-state index in [0.717, 1.165) is 27.9 Å². The molecule has 0 saturated carbocycles. The van der Waals surface area contributed by atoms with Crippen molar-refractivity contribution in [2.24, 2.45) is 0 Å². The molecule has 0 bridgehead atoms. The minimum atomic E-state index is -0.287. The summed E-state index contributed by atoms with van der Waals surface area (Å²) in [6.45, 7) is 3.81. The molecule has 0 unspecified atom stereocenters. The van der Waals surface area contributed by atoms with Crippen LogP contribution in [-0.4, -0.2) is 29.7 Å². The molecule has 0 aliphatic rings. The third kappa shape index (κ3) is 3.97. The summed E-state index contributed by atoms with van der Waals surface area (Å²) in [5, 5.41) is 5.25. The van der Waals surface area contributed by atoms with Gasteiger partial charge >= 0.3 is 0 Å². The van der Waals surface area contributed by atoms with Crippen LogP contribution in [0.2, 0.25) is 0 Å². The van der Waals surface area contributed by atoms with Crippen molar-refractivity contribution in [3.63, 3.8) is 0 Å². The van der Waals surface area contributed by atoms with Crippen molar-refractivity contribution in [3.8, 4) is 22.6 Å². The van der Waals surface area contributed by atoms with E-state index in [1.54, 1.807) is 20.3 Å². The minimum absolute atomic E-state index is 0.129. The van der Waals surface area contributed by atoms with Crippen molar-refractivity contribution >= 4 is 33.1 Å². The average Bonchev–Trinajstić information content (AvgIpc) is 3.23. The fourth-order valence-corrected chi connectivity index (χ4v) is 4.43. The Morgan fingerprint density at radius 2 is 1.91 bits per heavy atom. The number of benzene rings is 2. The maximum Gasteiger partial charge on any atom is 0.263 e. The smallest absolute Gasteiger partial charge is 0.263 e. The maximum absolute atomic E-state index is 13.3. The van der Waals surface area contributed by atoms with Gasteiger partial charge in [-0.25, -0.2) is 4.98 Å². The van der Waals surface area contributed by atoms with E-state index in [1.165, 1.54) is 22.2 Å². The summed E-state index contributed by atoms with van der Waals surface area (Å²) in [5.74, 6) is 0.890. The van der Waals surface area contributed by atoms with Gasteiger partial charge in [-0.15, -0.1) is 11.3 Å². The maximum atomic E-state index is 13.3. The highest BCUT2D eigenvalue weighted by molar-refractivity contribution is 7.17. The molecule has 8 heteroatoms. The normalized spacial score (nSPS) is 10.9. The highest BCUT2D eigenvalue weighted by Crippen LogP contribution is 2.36. The predicted molar refractivity (Wildman–Crippen MR) is 127 cm³/mol. The molecule has 0 aliphatic carbocycles. The largest absolute Gasteiger partial charge is 0.493 e. The minimum Gasteiger partial charge on any atom is -0.493 e. The third-order valence-electron chi connectivity index (χ3n) is 5.45. The van der Waals surface area contributed by atoms with Gasteiger partial charge in [0.15, 0.2) is 11.5 Å². The molecule has 0 aliphatic heterocycles. The van der Waals surface area contributed by atoms with Crippen LogP contribution in [-0.2, 0) is 11.3 Å². The Labute approximate surface area is 189 Å². The van der Waals surface area contributed by atoms with Crippen molar-refractivity contribution in [3.05, 3.63) is 69.6 Å². The molecular formula is C24H23N3O4S. The molecule has 0 radical (unpaired) electrons. The Kier molecular flexibility index (Phi) is 5.96. The zero-order valence-corrected chi connectivity index (χ0v) is 19.1. The quantitative estimate of drug-likeness (QED) is 0.472. The molecular weight excluding hydrogens is 426 g/mol.